The molecule has 2 aromatic rings. The van der Waals surface area contributed by atoms with E-state index in [1.807, 2.05) is 49.4 Å². The maximum absolute atomic E-state index is 12.0. The van der Waals surface area contributed by atoms with Crippen LogP contribution in [0.2, 0.25) is 5.02 Å². The number of benzene rings is 2. The van der Waals surface area contributed by atoms with Crippen LogP contribution in [-0.4, -0.2) is 17.5 Å². The summed E-state index contributed by atoms with van der Waals surface area (Å²) in [6, 6.07) is 15.0. The van der Waals surface area contributed by atoms with Gasteiger partial charge in [-0.3, -0.25) is 9.59 Å². The first-order valence-corrected chi connectivity index (χ1v) is 8.94. The Balaban J connectivity index is 1.76. The predicted octanol–water partition coefficient (Wildman–Crippen LogP) is 4.57. The molecule has 140 valence electrons. The molecule has 2 N–H and O–H groups in total. The molecule has 0 aliphatic rings. The maximum atomic E-state index is 12.0. The van der Waals surface area contributed by atoms with E-state index in [1.54, 1.807) is 25.1 Å². The second-order valence-corrected chi connectivity index (χ2v) is 6.48. The molecule has 0 saturated carbocycles. The van der Waals surface area contributed by atoms with Gasteiger partial charge in [0.05, 0.1) is 5.71 Å². The second kappa shape index (κ2) is 10.3. The average Bonchev–Trinajstić information content (AvgIpc) is 2.66. The van der Waals surface area contributed by atoms with Crippen molar-refractivity contribution < 1.29 is 9.59 Å². The van der Waals surface area contributed by atoms with Gasteiger partial charge in [-0.15, -0.1) is 0 Å². The molecule has 0 heterocycles. The van der Waals surface area contributed by atoms with E-state index in [0.717, 1.165) is 11.1 Å². The molecule has 2 aromatic carbocycles. The van der Waals surface area contributed by atoms with Gasteiger partial charge < -0.3 is 5.32 Å². The summed E-state index contributed by atoms with van der Waals surface area (Å²) in [6.07, 6.45) is 3.85. The zero-order valence-electron chi connectivity index (χ0n) is 15.3. The van der Waals surface area contributed by atoms with Crippen molar-refractivity contribution in [2.45, 2.75) is 26.7 Å². The van der Waals surface area contributed by atoms with E-state index in [1.165, 1.54) is 0 Å². The van der Waals surface area contributed by atoms with Crippen molar-refractivity contribution in [2.24, 2.45) is 5.10 Å². The molecule has 0 saturated heterocycles. The number of hydrogen-bond donors (Lipinski definition) is 2. The van der Waals surface area contributed by atoms with Gasteiger partial charge in [0.1, 0.15) is 0 Å². The lowest BCUT2D eigenvalue weighted by molar-refractivity contribution is -0.124. The minimum Gasteiger partial charge on any atom is -0.326 e. The molecule has 0 unspecified atom stereocenters. The molecule has 2 amide bonds. The number of aryl methyl sites for hydroxylation is 1. The number of carbonyl (C=O) groups excluding carboxylic acids is 2. The quantitative estimate of drug-likeness (QED) is 0.543. The Bertz CT molecular complexity index is 861. The van der Waals surface area contributed by atoms with Crippen LogP contribution in [0.4, 0.5) is 5.69 Å². The van der Waals surface area contributed by atoms with E-state index in [0.29, 0.717) is 16.4 Å². The first-order chi connectivity index (χ1) is 12.9. The maximum Gasteiger partial charge on any atom is 0.240 e. The van der Waals surface area contributed by atoms with Crippen LogP contribution in [0.25, 0.3) is 6.08 Å². The van der Waals surface area contributed by atoms with E-state index in [4.69, 9.17) is 11.6 Å². The Morgan fingerprint density at radius 2 is 1.78 bits per heavy atom. The number of carbonyl (C=O) groups is 2. The molecule has 6 heteroatoms. The number of rotatable bonds is 7. The molecule has 0 aromatic heterocycles. The number of halogens is 1. The van der Waals surface area contributed by atoms with Crippen LogP contribution in [0.1, 0.15) is 30.9 Å². The molecule has 0 radical (unpaired) electrons. The summed E-state index contributed by atoms with van der Waals surface area (Å²) in [7, 11) is 0. The van der Waals surface area contributed by atoms with Crippen molar-refractivity contribution in [2.75, 3.05) is 5.32 Å². The molecule has 2 rings (SSSR count). The van der Waals surface area contributed by atoms with Crippen LogP contribution in [0.15, 0.2) is 59.7 Å². The van der Waals surface area contributed by atoms with Crippen molar-refractivity contribution in [3.63, 3.8) is 0 Å². The zero-order chi connectivity index (χ0) is 19.6. The third-order valence-corrected chi connectivity index (χ3v) is 3.95. The Labute approximate surface area is 164 Å². The van der Waals surface area contributed by atoms with E-state index in [2.05, 4.69) is 15.8 Å². The Morgan fingerprint density at radius 3 is 2.48 bits per heavy atom. The molecule has 5 nitrogen and oxygen atoms in total. The summed E-state index contributed by atoms with van der Waals surface area (Å²) in [5, 5.41) is 7.39. The van der Waals surface area contributed by atoms with Gasteiger partial charge in [-0.2, -0.15) is 5.10 Å². The summed E-state index contributed by atoms with van der Waals surface area (Å²) < 4.78 is 0. The van der Waals surface area contributed by atoms with E-state index in [9.17, 15) is 9.59 Å². The predicted molar refractivity (Wildman–Crippen MR) is 111 cm³/mol. The molecule has 0 aliphatic heterocycles. The van der Waals surface area contributed by atoms with E-state index >= 15 is 0 Å². The third-order valence-electron chi connectivity index (χ3n) is 3.72. The molecule has 0 aliphatic carbocycles. The van der Waals surface area contributed by atoms with Crippen LogP contribution in [0.3, 0.4) is 0 Å². The molecular formula is C21H22ClN3O2. The highest BCUT2D eigenvalue weighted by molar-refractivity contribution is 6.30. The second-order valence-electron chi connectivity index (χ2n) is 6.04. The lowest BCUT2D eigenvalue weighted by atomic mass is 10.2. The van der Waals surface area contributed by atoms with Crippen LogP contribution < -0.4 is 10.7 Å². The Kier molecular flexibility index (Phi) is 7.77. The van der Waals surface area contributed by atoms with Gasteiger partial charge in [-0.05, 0) is 49.2 Å². The standard InChI is InChI=1S/C21H22ClN3O2/c1-15-14-18(22)10-11-19(15)23-20(26)12-13-21(27)25-24-16(2)8-9-17-6-4-3-5-7-17/h3-11,14H,12-13H2,1-2H3,(H,23,26)(H,25,27)/b9-8+,24-16+. The minimum absolute atomic E-state index is 0.0532. The molecular weight excluding hydrogens is 362 g/mol. The van der Waals surface area contributed by atoms with Gasteiger partial charge in [0.15, 0.2) is 0 Å². The summed E-state index contributed by atoms with van der Waals surface area (Å²) in [5.41, 5.74) is 5.72. The van der Waals surface area contributed by atoms with Gasteiger partial charge in [0, 0.05) is 23.6 Å². The third kappa shape index (κ3) is 7.46. The number of nitrogens with zero attached hydrogens (tertiary/aromatic N) is 1. The van der Waals surface area contributed by atoms with Crippen LogP contribution in [-0.2, 0) is 9.59 Å². The zero-order valence-corrected chi connectivity index (χ0v) is 16.1. The van der Waals surface area contributed by atoms with Gasteiger partial charge in [-0.1, -0.05) is 48.0 Å². The van der Waals surface area contributed by atoms with Crippen molar-refractivity contribution in [1.29, 1.82) is 0 Å². The average molecular weight is 384 g/mol. The molecule has 0 atom stereocenters. The lowest BCUT2D eigenvalue weighted by Gasteiger charge is -2.08. The molecule has 27 heavy (non-hydrogen) atoms. The van der Waals surface area contributed by atoms with Crippen molar-refractivity contribution >= 4 is 40.9 Å². The number of anilines is 1. The highest BCUT2D eigenvalue weighted by Crippen LogP contribution is 2.19. The van der Waals surface area contributed by atoms with Gasteiger partial charge in [0.25, 0.3) is 0 Å². The van der Waals surface area contributed by atoms with E-state index in [-0.39, 0.29) is 24.7 Å². The molecule has 0 fully saturated rings. The van der Waals surface area contributed by atoms with Crippen molar-refractivity contribution in [1.82, 2.24) is 5.43 Å². The van der Waals surface area contributed by atoms with E-state index < -0.39 is 0 Å². The Hall–Kier alpha value is -2.92. The van der Waals surface area contributed by atoms with Crippen molar-refractivity contribution in [3.05, 3.63) is 70.8 Å². The van der Waals surface area contributed by atoms with Gasteiger partial charge >= 0.3 is 0 Å². The normalized spacial score (nSPS) is 11.4. The van der Waals surface area contributed by atoms with Gasteiger partial charge in [0.2, 0.25) is 11.8 Å². The number of nitrogens with one attached hydrogen (secondary N) is 2. The first-order valence-electron chi connectivity index (χ1n) is 8.56. The smallest absolute Gasteiger partial charge is 0.240 e. The SMILES string of the molecule is CC(/C=C/c1ccccc1)=N\NC(=O)CCC(=O)Nc1ccc(Cl)cc1C. The van der Waals surface area contributed by atoms with Crippen LogP contribution >= 0.6 is 11.6 Å². The fourth-order valence-corrected chi connectivity index (χ4v) is 2.46. The van der Waals surface area contributed by atoms with Gasteiger partial charge in [-0.25, -0.2) is 5.43 Å². The fraction of sp³-hybridized carbons (Fsp3) is 0.190. The van der Waals surface area contributed by atoms with Crippen molar-refractivity contribution in [3.8, 4) is 0 Å². The number of hydrogen-bond acceptors (Lipinski definition) is 3. The highest BCUT2D eigenvalue weighted by Gasteiger charge is 2.08. The largest absolute Gasteiger partial charge is 0.326 e. The Morgan fingerprint density at radius 1 is 1.07 bits per heavy atom. The summed E-state index contributed by atoms with van der Waals surface area (Å²) in [6.45, 7) is 3.64. The topological polar surface area (TPSA) is 70.6 Å². The molecule has 0 spiro atoms. The number of amides is 2. The summed E-state index contributed by atoms with van der Waals surface area (Å²) >= 11 is 5.89. The molecule has 0 bridgehead atoms. The summed E-state index contributed by atoms with van der Waals surface area (Å²) in [5.74, 6) is -0.550. The number of hydrazone groups is 1. The summed E-state index contributed by atoms with van der Waals surface area (Å²) in [4.78, 5) is 23.8. The minimum atomic E-state index is -0.314. The monoisotopic (exact) mass is 383 g/mol. The fourth-order valence-electron chi connectivity index (χ4n) is 2.23. The van der Waals surface area contributed by atoms with Crippen LogP contribution in [0, 0.1) is 6.92 Å². The highest BCUT2D eigenvalue weighted by atomic mass is 35.5. The van der Waals surface area contributed by atoms with Crippen LogP contribution in [0.5, 0.6) is 0 Å². The lowest BCUT2D eigenvalue weighted by Crippen LogP contribution is -2.21. The number of allylic oxidation sites excluding steroid dienone is 1. The first kappa shape index (κ1) is 20.4.